The molecule has 2 N–H and O–H groups in total. The van der Waals surface area contributed by atoms with E-state index in [1.54, 1.807) is 91.0 Å². The van der Waals surface area contributed by atoms with Gasteiger partial charge in [0.25, 0.3) is 0 Å². The third-order valence-electron chi connectivity index (χ3n) is 7.69. The van der Waals surface area contributed by atoms with E-state index < -0.39 is 42.4 Å². The number of hydrogen-bond donors (Lipinski definition) is 1. The number of anilines is 1. The van der Waals surface area contributed by atoms with E-state index in [4.69, 9.17) is 29.8 Å². The average Bonchev–Trinajstić information content (AvgIpc) is 3.87. The molecule has 0 aliphatic carbocycles. The molecule has 0 radical (unpaired) electrons. The van der Waals surface area contributed by atoms with Crippen LogP contribution in [0.3, 0.4) is 0 Å². The average molecular weight is 662 g/mol. The minimum absolute atomic E-state index is 0.186. The normalized spacial score (nSPS) is 18.8. The number of hydrogen-bond acceptors (Lipinski definition) is 12. The topological polar surface area (TPSA) is 158 Å². The van der Waals surface area contributed by atoms with Crippen LogP contribution in [0, 0.1) is 0 Å². The molecular weight excluding hydrogens is 634 g/mol. The predicted octanol–water partition coefficient (Wildman–Crippen LogP) is 5.34. The molecule has 4 atom stereocenters. The Bertz CT molecular complexity index is 2060. The lowest BCUT2D eigenvalue weighted by Crippen LogP contribution is -2.41. The lowest BCUT2D eigenvalue weighted by molar-refractivity contribution is -0.0653. The summed E-state index contributed by atoms with van der Waals surface area (Å²) in [5.74, 6) is -1.81. The summed E-state index contributed by atoms with van der Waals surface area (Å²) in [7, 11) is 0. The molecule has 48 heavy (non-hydrogen) atoms. The molecule has 240 valence electrons. The number of carbonyl (C=O) groups excluding carboxylic acids is 3. The van der Waals surface area contributed by atoms with E-state index in [-0.39, 0.29) is 23.6 Å². The molecule has 1 fully saturated rings. The van der Waals surface area contributed by atoms with Crippen molar-refractivity contribution >= 4 is 46.1 Å². The lowest BCUT2D eigenvalue weighted by atomic mass is 10.1. The molecule has 1 aliphatic rings. The van der Waals surface area contributed by atoms with Gasteiger partial charge in [0, 0.05) is 0 Å². The molecule has 0 amide bonds. The third-order valence-corrected chi connectivity index (χ3v) is 8.57. The Labute approximate surface area is 277 Å². The Balaban J connectivity index is 1.31. The second-order valence-corrected chi connectivity index (χ2v) is 11.7. The van der Waals surface area contributed by atoms with Gasteiger partial charge in [-0.05, 0) is 47.8 Å². The van der Waals surface area contributed by atoms with Gasteiger partial charge in [0.05, 0.1) is 27.0 Å². The zero-order chi connectivity index (χ0) is 33.0. The van der Waals surface area contributed by atoms with Crippen LogP contribution in [-0.2, 0) is 18.9 Å². The lowest BCUT2D eigenvalue weighted by Gasteiger charge is -2.24. The number of nitrogens with zero attached hydrogens (tertiary/aromatic N) is 4. The molecule has 0 unspecified atom stereocenters. The predicted molar refractivity (Wildman–Crippen MR) is 175 cm³/mol. The number of benzene rings is 3. The van der Waals surface area contributed by atoms with Gasteiger partial charge < -0.3 is 24.7 Å². The van der Waals surface area contributed by atoms with Crippen molar-refractivity contribution < 1.29 is 33.3 Å². The summed E-state index contributed by atoms with van der Waals surface area (Å²) in [4.78, 5) is 49.4. The van der Waals surface area contributed by atoms with Crippen molar-refractivity contribution in [1.29, 1.82) is 0 Å². The largest absolute Gasteiger partial charge is 0.459 e. The van der Waals surface area contributed by atoms with Crippen LogP contribution >= 0.6 is 11.3 Å². The molecule has 0 saturated carbocycles. The maximum atomic E-state index is 13.6. The van der Waals surface area contributed by atoms with Crippen molar-refractivity contribution in [2.24, 2.45) is 0 Å². The zero-order valence-electron chi connectivity index (χ0n) is 25.1. The summed E-state index contributed by atoms with van der Waals surface area (Å²) in [5.41, 5.74) is 7.97. The van der Waals surface area contributed by atoms with Crippen LogP contribution in [0.2, 0.25) is 0 Å². The second kappa shape index (κ2) is 13.4. The number of fused-ring (bicyclic) bond motifs is 1. The van der Waals surface area contributed by atoms with Gasteiger partial charge in [-0.1, -0.05) is 60.7 Å². The minimum atomic E-state index is -1.28. The van der Waals surface area contributed by atoms with Crippen LogP contribution in [0.25, 0.3) is 21.6 Å². The first-order valence-electron chi connectivity index (χ1n) is 14.9. The molecule has 13 heteroatoms. The summed E-state index contributed by atoms with van der Waals surface area (Å²) < 4.78 is 25.7. The number of rotatable bonds is 9. The number of nitrogen functional groups attached to an aromatic ring is 1. The fraction of sp³-hybridized carbons (Fsp3) is 0.143. The van der Waals surface area contributed by atoms with Gasteiger partial charge >= 0.3 is 17.9 Å². The highest BCUT2D eigenvalue weighted by Crippen LogP contribution is 2.40. The summed E-state index contributed by atoms with van der Waals surface area (Å²) in [6, 6.07) is 28.9. The van der Waals surface area contributed by atoms with Crippen LogP contribution < -0.4 is 5.73 Å². The quantitative estimate of drug-likeness (QED) is 0.157. The maximum absolute atomic E-state index is 13.6. The molecule has 3 aromatic heterocycles. The number of ether oxygens (including phenoxy) is 4. The molecule has 4 heterocycles. The maximum Gasteiger partial charge on any atom is 0.338 e. The van der Waals surface area contributed by atoms with Gasteiger partial charge in [0.1, 0.15) is 30.5 Å². The number of carbonyl (C=O) groups is 3. The monoisotopic (exact) mass is 661 g/mol. The summed E-state index contributed by atoms with van der Waals surface area (Å²) in [6.45, 7) is -0.343. The summed E-state index contributed by atoms with van der Waals surface area (Å²) in [5, 5.41) is 7.20. The van der Waals surface area contributed by atoms with E-state index in [1.165, 1.54) is 22.3 Å². The van der Waals surface area contributed by atoms with Gasteiger partial charge in [0.15, 0.2) is 24.1 Å². The SMILES string of the molecule is Nc1ncnc2c1c(-c1cccs1)nn2[C@@H]1O[C@H](COC(=O)c2ccccc2)[C@H](OC(=O)c2ccccc2)[C@@H]1OC(=O)c1ccccc1. The number of aromatic nitrogens is 4. The Kier molecular flexibility index (Phi) is 8.60. The van der Waals surface area contributed by atoms with Crippen LogP contribution in [0.4, 0.5) is 5.82 Å². The Morgan fingerprint density at radius 3 is 1.92 bits per heavy atom. The smallest absolute Gasteiger partial charge is 0.338 e. The van der Waals surface area contributed by atoms with Crippen LogP contribution in [0.1, 0.15) is 37.3 Å². The van der Waals surface area contributed by atoms with E-state index in [2.05, 4.69) is 9.97 Å². The van der Waals surface area contributed by atoms with Crippen molar-refractivity contribution in [3.63, 3.8) is 0 Å². The molecule has 1 saturated heterocycles. The Hall–Kier alpha value is -5.92. The number of esters is 3. The summed E-state index contributed by atoms with van der Waals surface area (Å²) in [6.07, 6.45) is -3.52. The highest BCUT2D eigenvalue weighted by atomic mass is 32.1. The first-order valence-corrected chi connectivity index (χ1v) is 15.8. The zero-order valence-corrected chi connectivity index (χ0v) is 25.9. The molecule has 1 aliphatic heterocycles. The Morgan fingerprint density at radius 1 is 0.750 bits per heavy atom. The fourth-order valence-electron chi connectivity index (χ4n) is 5.41. The van der Waals surface area contributed by atoms with E-state index in [0.717, 1.165) is 4.88 Å². The first-order chi connectivity index (χ1) is 23.5. The molecule has 6 aromatic rings. The third kappa shape index (κ3) is 6.11. The van der Waals surface area contributed by atoms with Crippen molar-refractivity contribution in [3.05, 3.63) is 132 Å². The second-order valence-electron chi connectivity index (χ2n) is 10.7. The van der Waals surface area contributed by atoms with Crippen molar-refractivity contribution in [2.45, 2.75) is 24.5 Å². The van der Waals surface area contributed by atoms with E-state index in [9.17, 15) is 14.4 Å². The molecule has 0 bridgehead atoms. The van der Waals surface area contributed by atoms with Gasteiger partial charge in [-0.15, -0.1) is 11.3 Å². The molecule has 0 spiro atoms. The van der Waals surface area contributed by atoms with E-state index >= 15 is 0 Å². The van der Waals surface area contributed by atoms with E-state index in [0.29, 0.717) is 22.3 Å². The van der Waals surface area contributed by atoms with Gasteiger partial charge in [-0.3, -0.25) is 0 Å². The molecular formula is C35H27N5O7S. The molecule has 3 aromatic carbocycles. The fourth-order valence-corrected chi connectivity index (χ4v) is 6.13. The Morgan fingerprint density at radius 2 is 1.33 bits per heavy atom. The van der Waals surface area contributed by atoms with Gasteiger partial charge in [0.2, 0.25) is 0 Å². The number of thiophene rings is 1. The van der Waals surface area contributed by atoms with Crippen molar-refractivity contribution in [3.8, 4) is 10.6 Å². The highest BCUT2D eigenvalue weighted by molar-refractivity contribution is 7.13. The number of nitrogens with two attached hydrogens (primary N) is 1. The van der Waals surface area contributed by atoms with Gasteiger partial charge in [-0.2, -0.15) is 5.10 Å². The minimum Gasteiger partial charge on any atom is -0.459 e. The highest BCUT2D eigenvalue weighted by Gasteiger charge is 2.52. The van der Waals surface area contributed by atoms with Crippen LogP contribution in [0.15, 0.2) is 115 Å². The molecule has 7 rings (SSSR count). The van der Waals surface area contributed by atoms with E-state index in [1.807, 2.05) is 17.5 Å². The standard InChI is InChI=1S/C35H27N5O7S/c36-30-26-27(25-17-10-18-48-25)39-40(31(26)38-20-37-30)32-29(47-35(43)23-15-8-3-9-16-23)28(46-34(42)22-13-6-2-7-14-22)24(45-32)19-44-33(41)21-11-4-1-5-12-21/h1-18,20,24,28-29,32H,19H2,(H2,36,37,38)/t24-,28+,29+,32-/m1/s1. The first kappa shape index (κ1) is 30.7. The molecule has 12 nitrogen and oxygen atoms in total. The van der Waals surface area contributed by atoms with Crippen LogP contribution in [-0.4, -0.2) is 62.6 Å². The van der Waals surface area contributed by atoms with Crippen LogP contribution in [0.5, 0.6) is 0 Å². The van der Waals surface area contributed by atoms with Crippen molar-refractivity contribution in [1.82, 2.24) is 19.7 Å². The van der Waals surface area contributed by atoms with Crippen molar-refractivity contribution in [2.75, 3.05) is 12.3 Å². The van der Waals surface area contributed by atoms with Gasteiger partial charge in [-0.25, -0.2) is 29.0 Å². The summed E-state index contributed by atoms with van der Waals surface area (Å²) >= 11 is 1.44.